The Morgan fingerprint density at radius 2 is 1.88 bits per heavy atom. The van der Waals surface area contributed by atoms with Gasteiger partial charge in [0.25, 0.3) is 5.69 Å². The van der Waals surface area contributed by atoms with Crippen molar-refractivity contribution in [2.45, 2.75) is 25.9 Å². The van der Waals surface area contributed by atoms with Gasteiger partial charge in [-0.1, -0.05) is 0 Å². The van der Waals surface area contributed by atoms with Crippen molar-refractivity contribution in [2.24, 2.45) is 0 Å². The first-order valence-corrected chi connectivity index (χ1v) is 8.00. The highest BCUT2D eigenvalue weighted by Crippen LogP contribution is 2.23. The summed E-state index contributed by atoms with van der Waals surface area (Å²) in [6, 6.07) is 9.88. The third-order valence-corrected chi connectivity index (χ3v) is 4.04. The molecule has 3 rings (SSSR count). The molecule has 0 saturated carbocycles. The van der Waals surface area contributed by atoms with Crippen LogP contribution in [0.5, 0.6) is 5.75 Å². The van der Waals surface area contributed by atoms with E-state index >= 15 is 0 Å². The van der Waals surface area contributed by atoms with E-state index in [4.69, 9.17) is 10.5 Å². The van der Waals surface area contributed by atoms with Crippen LogP contribution in [0.15, 0.2) is 36.4 Å². The van der Waals surface area contributed by atoms with E-state index in [2.05, 4.69) is 9.88 Å². The summed E-state index contributed by atoms with van der Waals surface area (Å²) >= 11 is 0. The van der Waals surface area contributed by atoms with E-state index in [1.54, 1.807) is 12.1 Å². The van der Waals surface area contributed by atoms with Crippen molar-refractivity contribution < 1.29 is 9.66 Å². The van der Waals surface area contributed by atoms with Crippen LogP contribution < -0.4 is 15.4 Å². The number of nitrogens with two attached hydrogens (primary N) is 1. The predicted molar refractivity (Wildman–Crippen MR) is 92.1 cm³/mol. The van der Waals surface area contributed by atoms with Gasteiger partial charge in [0.1, 0.15) is 18.2 Å². The molecule has 1 aromatic heterocycles. The number of hydrogen-bond acceptors (Lipinski definition) is 6. The molecule has 1 aliphatic heterocycles. The van der Waals surface area contributed by atoms with Gasteiger partial charge in [0.2, 0.25) is 0 Å². The predicted octanol–water partition coefficient (Wildman–Crippen LogP) is 3.14. The number of aromatic nitrogens is 1. The van der Waals surface area contributed by atoms with Crippen molar-refractivity contribution in [3.05, 3.63) is 52.2 Å². The smallest absolute Gasteiger partial charge is 0.269 e. The van der Waals surface area contributed by atoms with Crippen LogP contribution in [0, 0.1) is 10.1 Å². The van der Waals surface area contributed by atoms with E-state index < -0.39 is 4.92 Å². The van der Waals surface area contributed by atoms with Crippen molar-refractivity contribution in [3.8, 4) is 5.75 Å². The fraction of sp³-hybridized carbons (Fsp3) is 0.353. The Hall–Kier alpha value is -2.83. The third-order valence-electron chi connectivity index (χ3n) is 4.04. The number of nitrogens with zero attached hydrogens (tertiary/aromatic N) is 3. The number of piperidine rings is 1. The number of anilines is 2. The lowest BCUT2D eigenvalue weighted by Gasteiger charge is -2.29. The zero-order valence-electron chi connectivity index (χ0n) is 13.4. The van der Waals surface area contributed by atoms with Crippen LogP contribution in [0.25, 0.3) is 0 Å². The Labute approximate surface area is 140 Å². The van der Waals surface area contributed by atoms with Crippen LogP contribution in [0.2, 0.25) is 0 Å². The largest absolute Gasteiger partial charge is 0.487 e. The molecule has 1 fully saturated rings. The summed E-state index contributed by atoms with van der Waals surface area (Å²) in [5.41, 5.74) is 7.78. The Morgan fingerprint density at radius 1 is 1.17 bits per heavy atom. The van der Waals surface area contributed by atoms with Crippen molar-refractivity contribution in [1.29, 1.82) is 0 Å². The Bertz CT molecular complexity index is 712. The van der Waals surface area contributed by atoms with Gasteiger partial charge in [-0.05, 0) is 37.5 Å². The summed E-state index contributed by atoms with van der Waals surface area (Å²) in [5, 5.41) is 10.7. The molecule has 1 saturated heterocycles. The molecule has 0 amide bonds. The number of nitro groups is 1. The van der Waals surface area contributed by atoms with Gasteiger partial charge in [0.15, 0.2) is 0 Å². The maximum Gasteiger partial charge on any atom is 0.269 e. The molecule has 2 heterocycles. The molecule has 1 aromatic carbocycles. The molecule has 2 N–H and O–H groups in total. The topological polar surface area (TPSA) is 94.5 Å². The molecular weight excluding hydrogens is 308 g/mol. The molecule has 0 atom stereocenters. The molecule has 0 spiro atoms. The molecule has 2 aromatic rings. The van der Waals surface area contributed by atoms with Gasteiger partial charge >= 0.3 is 0 Å². The summed E-state index contributed by atoms with van der Waals surface area (Å²) in [6.45, 7) is 2.34. The molecule has 1 aliphatic rings. The zero-order chi connectivity index (χ0) is 16.9. The van der Waals surface area contributed by atoms with E-state index in [-0.39, 0.29) is 12.3 Å². The van der Waals surface area contributed by atoms with E-state index in [1.807, 2.05) is 12.1 Å². The minimum absolute atomic E-state index is 0.0387. The second kappa shape index (κ2) is 7.16. The van der Waals surface area contributed by atoms with Gasteiger partial charge in [-0.15, -0.1) is 0 Å². The molecule has 0 unspecified atom stereocenters. The van der Waals surface area contributed by atoms with Crippen molar-refractivity contribution in [3.63, 3.8) is 0 Å². The Balaban J connectivity index is 1.68. The lowest BCUT2D eigenvalue weighted by atomic mass is 10.1. The van der Waals surface area contributed by atoms with Crippen LogP contribution >= 0.6 is 0 Å². The van der Waals surface area contributed by atoms with Crippen molar-refractivity contribution >= 4 is 17.2 Å². The van der Waals surface area contributed by atoms with Crippen LogP contribution in [0.4, 0.5) is 17.2 Å². The number of non-ortho nitro benzene ring substituents is 1. The SMILES string of the molecule is Nc1cc(N2CCCCC2)cc(COc2ccc([N+](=O)[O-])cc2)n1. The number of nitro benzene ring substituents is 1. The van der Waals surface area contributed by atoms with E-state index in [1.165, 1.54) is 31.4 Å². The minimum Gasteiger partial charge on any atom is -0.487 e. The number of pyridine rings is 1. The molecule has 126 valence electrons. The number of nitrogen functional groups attached to an aromatic ring is 1. The molecule has 0 radical (unpaired) electrons. The highest BCUT2D eigenvalue weighted by molar-refractivity contribution is 5.54. The second-order valence-electron chi connectivity index (χ2n) is 5.83. The van der Waals surface area contributed by atoms with Gasteiger partial charge in [-0.3, -0.25) is 10.1 Å². The van der Waals surface area contributed by atoms with Gasteiger partial charge < -0.3 is 15.4 Å². The molecule has 0 aliphatic carbocycles. The van der Waals surface area contributed by atoms with Crippen LogP contribution in [0.1, 0.15) is 25.0 Å². The number of hydrogen-bond donors (Lipinski definition) is 1. The second-order valence-corrected chi connectivity index (χ2v) is 5.83. The minimum atomic E-state index is -0.436. The zero-order valence-corrected chi connectivity index (χ0v) is 13.4. The maximum absolute atomic E-state index is 10.7. The van der Waals surface area contributed by atoms with Gasteiger partial charge in [-0.25, -0.2) is 4.98 Å². The first-order valence-electron chi connectivity index (χ1n) is 8.00. The van der Waals surface area contributed by atoms with Crippen LogP contribution in [-0.4, -0.2) is 23.0 Å². The first kappa shape index (κ1) is 16.0. The molecule has 7 heteroatoms. The standard InChI is InChI=1S/C17H20N4O3/c18-17-11-15(20-8-2-1-3-9-20)10-13(19-17)12-24-16-6-4-14(5-7-16)21(22)23/h4-7,10-11H,1-3,8-9,12H2,(H2,18,19). The Morgan fingerprint density at radius 3 is 2.54 bits per heavy atom. The van der Waals surface area contributed by atoms with Crippen LogP contribution in [-0.2, 0) is 6.61 Å². The number of ether oxygens (including phenoxy) is 1. The molecule has 0 bridgehead atoms. The lowest BCUT2D eigenvalue weighted by Crippen LogP contribution is -2.29. The summed E-state index contributed by atoms with van der Waals surface area (Å²) in [5.74, 6) is 1.03. The average molecular weight is 328 g/mol. The number of benzene rings is 1. The van der Waals surface area contributed by atoms with Crippen molar-refractivity contribution in [1.82, 2.24) is 4.98 Å². The molecule has 7 nitrogen and oxygen atoms in total. The van der Waals surface area contributed by atoms with Gasteiger partial charge in [0.05, 0.1) is 10.6 Å². The van der Waals surface area contributed by atoms with E-state index in [9.17, 15) is 10.1 Å². The number of rotatable bonds is 5. The van der Waals surface area contributed by atoms with E-state index in [0.29, 0.717) is 11.6 Å². The van der Waals surface area contributed by atoms with Gasteiger partial charge in [0, 0.05) is 37.0 Å². The summed E-state index contributed by atoms with van der Waals surface area (Å²) in [6.07, 6.45) is 3.65. The maximum atomic E-state index is 10.7. The molecule has 24 heavy (non-hydrogen) atoms. The quantitative estimate of drug-likeness (QED) is 0.669. The highest BCUT2D eigenvalue weighted by atomic mass is 16.6. The highest BCUT2D eigenvalue weighted by Gasteiger charge is 2.13. The van der Waals surface area contributed by atoms with Crippen molar-refractivity contribution in [2.75, 3.05) is 23.7 Å². The third kappa shape index (κ3) is 3.92. The van der Waals surface area contributed by atoms with Crippen LogP contribution in [0.3, 0.4) is 0 Å². The Kier molecular flexibility index (Phi) is 4.79. The lowest BCUT2D eigenvalue weighted by molar-refractivity contribution is -0.384. The summed E-state index contributed by atoms with van der Waals surface area (Å²) in [4.78, 5) is 16.8. The fourth-order valence-corrected chi connectivity index (χ4v) is 2.82. The summed E-state index contributed by atoms with van der Waals surface area (Å²) < 4.78 is 5.66. The van der Waals surface area contributed by atoms with E-state index in [0.717, 1.165) is 24.5 Å². The molecular formula is C17H20N4O3. The normalized spacial score (nSPS) is 14.4. The van der Waals surface area contributed by atoms with Gasteiger partial charge in [-0.2, -0.15) is 0 Å². The summed E-state index contributed by atoms with van der Waals surface area (Å²) in [7, 11) is 0. The fourth-order valence-electron chi connectivity index (χ4n) is 2.82. The first-order chi connectivity index (χ1) is 11.6. The monoisotopic (exact) mass is 328 g/mol. The average Bonchev–Trinajstić information content (AvgIpc) is 2.60.